The summed E-state index contributed by atoms with van der Waals surface area (Å²) in [5.74, 6) is -0.786. The summed E-state index contributed by atoms with van der Waals surface area (Å²) >= 11 is 0. The number of rotatable bonds is 6. The van der Waals surface area contributed by atoms with Crippen molar-refractivity contribution in [3.05, 3.63) is 52.1 Å². The maximum atomic E-state index is 13.6. The predicted molar refractivity (Wildman–Crippen MR) is 124 cm³/mol. The average molecular weight is 485 g/mol. The molecule has 3 aliphatic rings. The second-order valence-electron chi connectivity index (χ2n) is 9.44. The van der Waals surface area contributed by atoms with Gasteiger partial charge in [0.05, 0.1) is 25.1 Å². The van der Waals surface area contributed by atoms with Gasteiger partial charge in [-0.15, -0.1) is 0 Å². The highest BCUT2D eigenvalue weighted by atomic mass is 19.1. The zero-order valence-electron chi connectivity index (χ0n) is 19.9. The monoisotopic (exact) mass is 484 g/mol. The maximum Gasteiger partial charge on any atom is 0.271 e. The molecule has 186 valence electrons. The lowest BCUT2D eigenvalue weighted by Crippen LogP contribution is -2.44. The van der Waals surface area contributed by atoms with Crippen molar-refractivity contribution >= 4 is 23.4 Å². The Balaban J connectivity index is 1.26. The van der Waals surface area contributed by atoms with Crippen LogP contribution in [0.4, 0.5) is 10.1 Å². The van der Waals surface area contributed by atoms with Crippen LogP contribution in [0.2, 0.25) is 0 Å². The molecule has 0 spiro atoms. The lowest BCUT2D eigenvalue weighted by molar-refractivity contribution is -0.166. The average Bonchev–Trinajstić information content (AvgIpc) is 3.42. The number of aromatic amines is 1. The van der Waals surface area contributed by atoms with E-state index in [1.807, 2.05) is 6.92 Å². The van der Waals surface area contributed by atoms with E-state index in [-0.39, 0.29) is 43.1 Å². The lowest BCUT2D eigenvalue weighted by Gasteiger charge is -2.25. The van der Waals surface area contributed by atoms with Crippen LogP contribution in [0.15, 0.2) is 18.2 Å². The van der Waals surface area contributed by atoms with Gasteiger partial charge < -0.3 is 19.9 Å². The molecule has 9 nitrogen and oxygen atoms in total. The zero-order chi connectivity index (χ0) is 24.7. The first-order chi connectivity index (χ1) is 16.8. The third-order valence-electron chi connectivity index (χ3n) is 7.07. The number of hydrogen-bond donors (Lipinski definition) is 2. The van der Waals surface area contributed by atoms with E-state index < -0.39 is 6.04 Å². The number of H-pyrrole nitrogens is 1. The minimum absolute atomic E-state index is 0.0960. The fraction of sp³-hybridized carbons (Fsp3) is 0.480. The minimum Gasteiger partial charge on any atom is -0.381 e. The Kier molecular flexibility index (Phi) is 6.33. The predicted octanol–water partition coefficient (Wildman–Crippen LogP) is 2.16. The second kappa shape index (κ2) is 9.43. The van der Waals surface area contributed by atoms with Gasteiger partial charge in [-0.05, 0) is 61.9 Å². The van der Waals surface area contributed by atoms with Crippen molar-refractivity contribution in [2.45, 2.75) is 45.7 Å². The fourth-order valence-electron chi connectivity index (χ4n) is 5.11. The Bertz CT molecular complexity index is 1170. The molecule has 2 fully saturated rings. The van der Waals surface area contributed by atoms with Gasteiger partial charge in [0.15, 0.2) is 0 Å². The van der Waals surface area contributed by atoms with Crippen molar-refractivity contribution in [2.24, 2.45) is 5.92 Å². The number of benzene rings is 1. The number of nitrogens with one attached hydrogen (secondary N) is 2. The lowest BCUT2D eigenvalue weighted by atomic mass is 10.0. The molecule has 0 unspecified atom stereocenters. The topological polar surface area (TPSA) is 104 Å². The molecule has 0 bridgehead atoms. The Hall–Kier alpha value is -3.24. The smallest absolute Gasteiger partial charge is 0.271 e. The van der Waals surface area contributed by atoms with E-state index in [4.69, 9.17) is 9.57 Å². The Morgan fingerprint density at radius 2 is 2.00 bits per heavy atom. The van der Waals surface area contributed by atoms with Gasteiger partial charge in [0.2, 0.25) is 5.91 Å². The van der Waals surface area contributed by atoms with Gasteiger partial charge in [-0.3, -0.25) is 19.2 Å². The normalized spacial score (nSPS) is 20.6. The number of hydrogen-bond acceptors (Lipinski definition) is 5. The van der Waals surface area contributed by atoms with Gasteiger partial charge in [0, 0.05) is 30.3 Å². The van der Waals surface area contributed by atoms with Crippen molar-refractivity contribution in [1.82, 2.24) is 15.4 Å². The first-order valence-corrected chi connectivity index (χ1v) is 11.9. The molecule has 2 N–H and O–H groups in total. The van der Waals surface area contributed by atoms with Crippen molar-refractivity contribution in [1.29, 1.82) is 0 Å². The van der Waals surface area contributed by atoms with E-state index in [0.717, 1.165) is 12.8 Å². The molecule has 1 aromatic heterocycles. The first-order valence-electron chi connectivity index (χ1n) is 11.9. The number of fused-ring (bicyclic) bond motifs is 1. The number of ether oxygens (including phenoxy) is 1. The van der Waals surface area contributed by atoms with E-state index >= 15 is 0 Å². The van der Waals surface area contributed by atoms with Crippen LogP contribution < -0.4 is 10.2 Å². The van der Waals surface area contributed by atoms with E-state index in [2.05, 4.69) is 10.3 Å². The molecule has 1 aromatic carbocycles. The van der Waals surface area contributed by atoms with Crippen molar-refractivity contribution in [3.63, 3.8) is 0 Å². The van der Waals surface area contributed by atoms with Crippen LogP contribution in [0, 0.1) is 25.6 Å². The molecule has 0 radical (unpaired) electrons. The van der Waals surface area contributed by atoms with E-state index in [9.17, 15) is 18.8 Å². The van der Waals surface area contributed by atoms with Crippen LogP contribution in [-0.2, 0) is 32.1 Å². The molecule has 0 saturated carbocycles. The maximum absolute atomic E-state index is 13.6. The molecular weight excluding hydrogens is 455 g/mol. The Morgan fingerprint density at radius 3 is 2.77 bits per heavy atom. The standard InChI is InChI=1S/C25H29FN4O5/c1-14-19(12-29-21-4-3-18(26)9-17(21)10-22(29)31)27-15(2)23(14)24(32)28-20-13-35-30(25(20)33)11-16-5-7-34-8-6-16/h3-4,9,16,20,27H,5-8,10-13H2,1-2H3,(H,28,32)/t20-/m1/s1. The van der Waals surface area contributed by atoms with Gasteiger partial charge in [-0.25, -0.2) is 9.45 Å². The summed E-state index contributed by atoms with van der Waals surface area (Å²) in [5.41, 5.74) is 3.83. The van der Waals surface area contributed by atoms with Crippen molar-refractivity contribution in [2.75, 3.05) is 31.3 Å². The number of hydroxylamine groups is 2. The largest absolute Gasteiger partial charge is 0.381 e. The number of carbonyl (C=O) groups is 3. The summed E-state index contributed by atoms with van der Waals surface area (Å²) in [7, 11) is 0. The summed E-state index contributed by atoms with van der Waals surface area (Å²) < 4.78 is 18.9. The SMILES string of the molecule is Cc1[nH]c(CN2C(=O)Cc3cc(F)ccc32)c(C)c1C(=O)N[C@@H]1CON(CC2CCOCC2)C1=O. The van der Waals surface area contributed by atoms with Crippen LogP contribution in [0.1, 0.15) is 45.7 Å². The van der Waals surface area contributed by atoms with Gasteiger partial charge in [-0.2, -0.15) is 0 Å². The summed E-state index contributed by atoms with van der Waals surface area (Å²) in [6.07, 6.45) is 1.91. The van der Waals surface area contributed by atoms with E-state index in [1.165, 1.54) is 17.2 Å². The molecule has 1 atom stereocenters. The number of aromatic nitrogens is 1. The van der Waals surface area contributed by atoms with Gasteiger partial charge in [0.1, 0.15) is 18.5 Å². The molecule has 2 aromatic rings. The first kappa shape index (κ1) is 23.5. The third kappa shape index (κ3) is 4.55. The van der Waals surface area contributed by atoms with Crippen LogP contribution in [0.3, 0.4) is 0 Å². The highest BCUT2D eigenvalue weighted by molar-refractivity contribution is 6.02. The molecule has 3 amide bonds. The number of anilines is 1. The fourth-order valence-corrected chi connectivity index (χ4v) is 5.11. The van der Waals surface area contributed by atoms with Crippen LogP contribution in [-0.4, -0.2) is 60.2 Å². The van der Waals surface area contributed by atoms with Crippen molar-refractivity contribution in [3.8, 4) is 0 Å². The number of amides is 3. The quantitative estimate of drug-likeness (QED) is 0.654. The zero-order valence-corrected chi connectivity index (χ0v) is 19.9. The summed E-state index contributed by atoms with van der Waals surface area (Å²) in [4.78, 5) is 48.9. The molecule has 3 aliphatic heterocycles. The summed E-state index contributed by atoms with van der Waals surface area (Å²) in [6.45, 7) is 5.80. The third-order valence-corrected chi connectivity index (χ3v) is 7.07. The Morgan fingerprint density at radius 1 is 1.23 bits per heavy atom. The molecule has 5 rings (SSSR count). The van der Waals surface area contributed by atoms with Crippen LogP contribution in [0.5, 0.6) is 0 Å². The highest BCUT2D eigenvalue weighted by Crippen LogP contribution is 2.32. The molecule has 10 heteroatoms. The van der Waals surface area contributed by atoms with E-state index in [1.54, 1.807) is 17.9 Å². The Labute approximate surface area is 202 Å². The van der Waals surface area contributed by atoms with E-state index in [0.29, 0.717) is 59.4 Å². The van der Waals surface area contributed by atoms with Crippen molar-refractivity contribution < 1.29 is 28.3 Å². The molecule has 2 saturated heterocycles. The molecule has 4 heterocycles. The van der Waals surface area contributed by atoms with Crippen LogP contribution >= 0.6 is 0 Å². The van der Waals surface area contributed by atoms with Crippen LogP contribution in [0.25, 0.3) is 0 Å². The van der Waals surface area contributed by atoms with Gasteiger partial charge >= 0.3 is 0 Å². The number of nitrogens with zero attached hydrogens (tertiary/aromatic N) is 2. The minimum atomic E-state index is -0.749. The van der Waals surface area contributed by atoms with Gasteiger partial charge in [-0.1, -0.05) is 0 Å². The number of aryl methyl sites for hydroxylation is 1. The highest BCUT2D eigenvalue weighted by Gasteiger charge is 2.37. The summed E-state index contributed by atoms with van der Waals surface area (Å²) in [5, 5.41) is 4.17. The van der Waals surface area contributed by atoms with Gasteiger partial charge in [0.25, 0.3) is 11.8 Å². The molecule has 0 aliphatic carbocycles. The molecular formula is C25H29FN4O5. The number of halogens is 1. The second-order valence-corrected chi connectivity index (χ2v) is 9.44. The number of carbonyl (C=O) groups excluding carboxylic acids is 3. The summed E-state index contributed by atoms with van der Waals surface area (Å²) in [6, 6.07) is 3.57. The molecule has 35 heavy (non-hydrogen) atoms.